The van der Waals surface area contributed by atoms with Gasteiger partial charge in [0.15, 0.2) is 5.78 Å². The average molecular weight is 435 g/mol. The van der Waals surface area contributed by atoms with Gasteiger partial charge in [0, 0.05) is 11.8 Å². The third kappa shape index (κ3) is 3.76. The van der Waals surface area contributed by atoms with Crippen LogP contribution in [-0.4, -0.2) is 24.9 Å². The minimum absolute atomic E-state index is 0.0452. The van der Waals surface area contributed by atoms with Gasteiger partial charge in [-0.05, 0) is 51.5 Å². The van der Waals surface area contributed by atoms with Crippen LogP contribution in [0.15, 0.2) is 72.9 Å². The lowest BCUT2D eigenvalue weighted by atomic mass is 10.0. The van der Waals surface area contributed by atoms with Crippen LogP contribution in [0.1, 0.15) is 38.6 Å². The zero-order valence-corrected chi connectivity index (χ0v) is 19.3. The largest absolute Gasteiger partial charge is 0.303 e. The second-order valence-electron chi connectivity index (χ2n) is 8.60. The van der Waals surface area contributed by atoms with Crippen molar-refractivity contribution < 1.29 is 4.79 Å². The molecule has 5 aromatic rings. The molecular weight excluding hydrogens is 408 g/mol. The van der Waals surface area contributed by atoms with Crippen molar-refractivity contribution in [2.45, 2.75) is 34.1 Å². The highest BCUT2D eigenvalue weighted by atomic mass is 16.1. The molecule has 0 fully saturated rings. The quantitative estimate of drug-likeness (QED) is 0.326. The minimum Gasteiger partial charge on any atom is -0.303 e. The summed E-state index contributed by atoms with van der Waals surface area (Å²) in [7, 11) is 0. The third-order valence-electron chi connectivity index (χ3n) is 6.09. The van der Waals surface area contributed by atoms with Crippen molar-refractivity contribution in [2.24, 2.45) is 0 Å². The number of pyridine rings is 1. The van der Waals surface area contributed by atoms with Gasteiger partial charge < -0.3 is 4.40 Å². The van der Waals surface area contributed by atoms with Crippen molar-refractivity contribution in [3.63, 3.8) is 0 Å². The maximum Gasteiger partial charge on any atom is 0.172 e. The smallest absolute Gasteiger partial charge is 0.172 e. The van der Waals surface area contributed by atoms with E-state index in [0.29, 0.717) is 5.56 Å². The predicted molar refractivity (Wildman–Crippen MR) is 131 cm³/mol. The molecule has 164 valence electrons. The molecule has 0 atom stereocenters. The SMILES string of the molecule is Cc1ccc(-c2nc3ccc(C)cn3c2CC(=O)c2c(C)nn(-c3ccccc3)c2C)cc1. The molecule has 5 heteroatoms. The molecule has 0 aliphatic carbocycles. The third-order valence-corrected chi connectivity index (χ3v) is 6.09. The first-order valence-electron chi connectivity index (χ1n) is 11.1. The van der Waals surface area contributed by atoms with E-state index in [1.165, 1.54) is 5.56 Å². The van der Waals surface area contributed by atoms with Crippen LogP contribution in [0.3, 0.4) is 0 Å². The number of fused-ring (bicyclic) bond motifs is 1. The van der Waals surface area contributed by atoms with Crippen molar-refractivity contribution in [3.05, 3.63) is 107 Å². The lowest BCUT2D eigenvalue weighted by Crippen LogP contribution is -2.10. The molecule has 0 saturated heterocycles. The number of nitrogens with zero attached hydrogens (tertiary/aromatic N) is 4. The number of imidazole rings is 1. The Morgan fingerprint density at radius 1 is 0.848 bits per heavy atom. The first-order chi connectivity index (χ1) is 15.9. The second kappa shape index (κ2) is 8.17. The zero-order valence-electron chi connectivity index (χ0n) is 19.3. The number of aryl methyl sites for hydroxylation is 3. The number of rotatable bonds is 5. The number of Topliss-reactive ketones (excluding diaryl/α,β-unsaturated/α-hetero) is 1. The molecule has 5 nitrogen and oxygen atoms in total. The fourth-order valence-corrected chi connectivity index (χ4v) is 4.42. The van der Waals surface area contributed by atoms with E-state index in [1.54, 1.807) is 0 Å². The predicted octanol–water partition coefficient (Wildman–Crippen LogP) is 5.85. The summed E-state index contributed by atoms with van der Waals surface area (Å²) >= 11 is 0. The highest BCUT2D eigenvalue weighted by molar-refractivity contribution is 6.00. The van der Waals surface area contributed by atoms with Gasteiger partial charge in [0.05, 0.1) is 40.4 Å². The number of ketones is 1. The van der Waals surface area contributed by atoms with E-state index < -0.39 is 0 Å². The molecule has 0 radical (unpaired) electrons. The van der Waals surface area contributed by atoms with Crippen molar-refractivity contribution >= 4 is 11.4 Å². The van der Waals surface area contributed by atoms with Crippen LogP contribution < -0.4 is 0 Å². The van der Waals surface area contributed by atoms with Gasteiger partial charge in [-0.25, -0.2) is 9.67 Å². The summed E-state index contributed by atoms with van der Waals surface area (Å²) in [6.07, 6.45) is 2.30. The molecule has 0 aliphatic heterocycles. The van der Waals surface area contributed by atoms with Crippen molar-refractivity contribution in [1.29, 1.82) is 0 Å². The summed E-state index contributed by atoms with van der Waals surface area (Å²) in [4.78, 5) is 18.6. The standard InChI is InChI=1S/C28H26N4O/c1-18-10-13-22(14-11-18)28-24(31-17-19(2)12-15-26(31)29-28)16-25(33)27-20(3)30-32(21(27)4)23-8-6-5-7-9-23/h5-15,17H,16H2,1-4H3. The molecule has 0 unspecified atom stereocenters. The number of benzene rings is 2. The summed E-state index contributed by atoms with van der Waals surface area (Å²) in [5.74, 6) is 0.0452. The molecular formula is C28H26N4O. The van der Waals surface area contributed by atoms with Crippen molar-refractivity contribution in [1.82, 2.24) is 19.2 Å². The van der Waals surface area contributed by atoms with E-state index in [1.807, 2.05) is 61.0 Å². The van der Waals surface area contributed by atoms with E-state index >= 15 is 0 Å². The Kier molecular flexibility index (Phi) is 5.17. The van der Waals surface area contributed by atoms with Gasteiger partial charge in [-0.3, -0.25) is 4.79 Å². The Morgan fingerprint density at radius 3 is 2.27 bits per heavy atom. The molecule has 3 heterocycles. The lowest BCUT2D eigenvalue weighted by molar-refractivity contribution is 0.0990. The Bertz CT molecular complexity index is 1470. The summed E-state index contributed by atoms with van der Waals surface area (Å²) in [5.41, 5.74) is 9.12. The van der Waals surface area contributed by atoms with E-state index in [0.717, 1.165) is 45.2 Å². The van der Waals surface area contributed by atoms with Crippen LogP contribution in [0.4, 0.5) is 0 Å². The Balaban J connectivity index is 1.60. The van der Waals surface area contributed by atoms with E-state index in [9.17, 15) is 4.79 Å². The monoisotopic (exact) mass is 434 g/mol. The highest BCUT2D eigenvalue weighted by Gasteiger charge is 2.23. The van der Waals surface area contributed by atoms with Crippen molar-refractivity contribution in [3.8, 4) is 16.9 Å². The second-order valence-corrected chi connectivity index (χ2v) is 8.60. The minimum atomic E-state index is 0.0452. The van der Waals surface area contributed by atoms with E-state index in [-0.39, 0.29) is 12.2 Å². The van der Waals surface area contributed by atoms with E-state index in [2.05, 4.69) is 53.8 Å². The molecule has 0 bridgehead atoms. The van der Waals surface area contributed by atoms with Gasteiger partial charge in [-0.15, -0.1) is 0 Å². The molecule has 0 spiro atoms. The number of hydrogen-bond acceptors (Lipinski definition) is 3. The first-order valence-corrected chi connectivity index (χ1v) is 11.1. The molecule has 33 heavy (non-hydrogen) atoms. The number of aromatic nitrogens is 4. The van der Waals surface area contributed by atoms with Crippen LogP contribution >= 0.6 is 0 Å². The van der Waals surface area contributed by atoms with Crippen molar-refractivity contribution in [2.75, 3.05) is 0 Å². The van der Waals surface area contributed by atoms with Crippen LogP contribution in [0.25, 0.3) is 22.6 Å². The van der Waals surface area contributed by atoms with Gasteiger partial charge in [-0.2, -0.15) is 5.10 Å². The van der Waals surface area contributed by atoms with E-state index in [4.69, 9.17) is 4.98 Å². The Labute approximate surface area is 193 Å². The molecule has 3 aromatic heterocycles. The molecule has 2 aromatic carbocycles. The van der Waals surface area contributed by atoms with Crippen LogP contribution in [0, 0.1) is 27.7 Å². The molecule has 0 amide bonds. The van der Waals surface area contributed by atoms with Gasteiger partial charge in [0.1, 0.15) is 5.65 Å². The van der Waals surface area contributed by atoms with Crippen LogP contribution in [0.5, 0.6) is 0 Å². The fraction of sp³-hybridized carbons (Fsp3) is 0.179. The molecule has 5 rings (SSSR count). The number of hydrogen-bond donors (Lipinski definition) is 0. The van der Waals surface area contributed by atoms with Gasteiger partial charge in [0.2, 0.25) is 0 Å². The fourth-order valence-electron chi connectivity index (χ4n) is 4.42. The van der Waals surface area contributed by atoms with Crippen LogP contribution in [0.2, 0.25) is 0 Å². The van der Waals surface area contributed by atoms with Gasteiger partial charge in [-0.1, -0.05) is 54.1 Å². The normalized spacial score (nSPS) is 11.3. The zero-order chi connectivity index (χ0) is 23.1. The number of para-hydroxylation sites is 1. The van der Waals surface area contributed by atoms with Gasteiger partial charge in [0.25, 0.3) is 0 Å². The first kappa shape index (κ1) is 20.9. The summed E-state index contributed by atoms with van der Waals surface area (Å²) < 4.78 is 3.90. The average Bonchev–Trinajstić information content (AvgIpc) is 3.31. The number of carbonyl (C=O) groups excluding carboxylic acids is 1. The molecule has 0 saturated carbocycles. The lowest BCUT2D eigenvalue weighted by Gasteiger charge is -2.08. The maximum absolute atomic E-state index is 13.7. The van der Waals surface area contributed by atoms with Crippen LogP contribution in [-0.2, 0) is 6.42 Å². The maximum atomic E-state index is 13.7. The Morgan fingerprint density at radius 2 is 1.55 bits per heavy atom. The Hall–Kier alpha value is -3.99. The summed E-state index contributed by atoms with van der Waals surface area (Å²) in [6.45, 7) is 7.98. The topological polar surface area (TPSA) is 52.2 Å². The number of carbonyl (C=O) groups is 1. The summed E-state index contributed by atoms with van der Waals surface area (Å²) in [5, 5.41) is 4.67. The molecule has 0 aliphatic rings. The highest BCUT2D eigenvalue weighted by Crippen LogP contribution is 2.28. The van der Waals surface area contributed by atoms with Gasteiger partial charge >= 0.3 is 0 Å². The summed E-state index contributed by atoms with van der Waals surface area (Å²) in [6, 6.07) is 22.3. The molecule has 0 N–H and O–H groups in total.